The number of amides is 1. The number of hydrogen-bond acceptors (Lipinski definition) is 5. The van der Waals surface area contributed by atoms with Crippen LogP contribution in [0.15, 0.2) is 83.0 Å². The lowest BCUT2D eigenvalue weighted by atomic mass is 10.1. The van der Waals surface area contributed by atoms with Crippen LogP contribution in [0.1, 0.15) is 16.7 Å². The molecule has 0 atom stereocenters. The Bertz CT molecular complexity index is 1090. The number of fused-ring (bicyclic) bond motifs is 1. The highest BCUT2D eigenvalue weighted by atomic mass is 16.3. The smallest absolute Gasteiger partial charge is 0.279 e. The third-order valence-electron chi connectivity index (χ3n) is 4.48. The van der Waals surface area contributed by atoms with Gasteiger partial charge >= 0.3 is 0 Å². The summed E-state index contributed by atoms with van der Waals surface area (Å²) in [6.07, 6.45) is 1.30. The first kappa shape index (κ1) is 17.5. The van der Waals surface area contributed by atoms with E-state index >= 15 is 0 Å². The molecule has 1 heterocycles. The molecular formula is C22H17N3O3. The number of carbonyl (C=O) groups is 1. The van der Waals surface area contributed by atoms with Gasteiger partial charge in [-0.3, -0.25) is 4.79 Å². The predicted octanol–water partition coefficient (Wildman–Crippen LogP) is 3.47. The van der Waals surface area contributed by atoms with Gasteiger partial charge < -0.3 is 15.1 Å². The first-order chi connectivity index (χ1) is 13.6. The fourth-order valence-corrected chi connectivity index (χ4v) is 3.08. The summed E-state index contributed by atoms with van der Waals surface area (Å²) in [7, 11) is 0. The fraction of sp³-hybridized carbons (Fsp3) is 0.0455. The average molecular weight is 371 g/mol. The highest BCUT2D eigenvalue weighted by Gasteiger charge is 2.33. The summed E-state index contributed by atoms with van der Waals surface area (Å²) in [5, 5.41) is 27.5. The fourth-order valence-electron chi connectivity index (χ4n) is 3.08. The monoisotopic (exact) mass is 371 g/mol. The van der Waals surface area contributed by atoms with Gasteiger partial charge in [0.2, 0.25) is 0 Å². The zero-order valence-electron chi connectivity index (χ0n) is 14.9. The highest BCUT2D eigenvalue weighted by Crippen LogP contribution is 2.31. The molecular weight excluding hydrogens is 354 g/mol. The molecule has 4 rings (SSSR count). The molecule has 1 amide bonds. The van der Waals surface area contributed by atoms with Crippen molar-refractivity contribution in [1.29, 1.82) is 0 Å². The summed E-state index contributed by atoms with van der Waals surface area (Å²) in [4.78, 5) is 14.6. The van der Waals surface area contributed by atoms with E-state index in [0.29, 0.717) is 17.7 Å². The standard InChI is InChI=1S/C22H17N3O3/c26-19-12-6-9-16(21(19)27)13-23-24-20-17-10-4-5-11-18(17)25(22(20)28)14-15-7-2-1-3-8-15/h1-13,26-27H,14H2/b23-13-,24-20+. The van der Waals surface area contributed by atoms with Gasteiger partial charge in [0, 0.05) is 11.1 Å². The molecule has 0 saturated heterocycles. The number of nitrogens with zero attached hydrogens (tertiary/aromatic N) is 3. The minimum absolute atomic E-state index is 0.234. The lowest BCUT2D eigenvalue weighted by Crippen LogP contribution is -2.29. The molecule has 1 aliphatic heterocycles. The number of aromatic hydroxyl groups is 2. The first-order valence-corrected chi connectivity index (χ1v) is 8.72. The van der Waals surface area contributed by atoms with Gasteiger partial charge in [-0.15, -0.1) is 5.10 Å². The van der Waals surface area contributed by atoms with Crippen LogP contribution in [0, 0.1) is 0 Å². The summed E-state index contributed by atoms with van der Waals surface area (Å²) in [6, 6.07) is 21.7. The maximum atomic E-state index is 13.0. The Morgan fingerprint density at radius 3 is 2.46 bits per heavy atom. The molecule has 3 aromatic carbocycles. The van der Waals surface area contributed by atoms with E-state index < -0.39 is 0 Å². The molecule has 138 valence electrons. The average Bonchev–Trinajstić information content (AvgIpc) is 2.98. The number of para-hydroxylation sites is 2. The lowest BCUT2D eigenvalue weighted by Gasteiger charge is -2.16. The Labute approximate surface area is 161 Å². The molecule has 0 aromatic heterocycles. The third-order valence-corrected chi connectivity index (χ3v) is 4.48. The number of hydrogen-bond donors (Lipinski definition) is 2. The lowest BCUT2D eigenvalue weighted by molar-refractivity contribution is -0.112. The number of phenols is 2. The van der Waals surface area contributed by atoms with E-state index in [1.165, 1.54) is 12.3 Å². The Balaban J connectivity index is 1.66. The molecule has 6 nitrogen and oxygen atoms in total. The van der Waals surface area contributed by atoms with Gasteiger partial charge in [-0.1, -0.05) is 54.6 Å². The molecule has 0 radical (unpaired) electrons. The van der Waals surface area contributed by atoms with E-state index in [2.05, 4.69) is 10.2 Å². The maximum absolute atomic E-state index is 13.0. The van der Waals surface area contributed by atoms with Crippen LogP contribution in [0.5, 0.6) is 11.5 Å². The topological polar surface area (TPSA) is 85.5 Å². The van der Waals surface area contributed by atoms with Gasteiger partial charge in [-0.25, -0.2) is 0 Å². The normalized spacial score (nSPS) is 14.8. The van der Waals surface area contributed by atoms with Crippen molar-refractivity contribution >= 4 is 23.5 Å². The van der Waals surface area contributed by atoms with Crippen molar-refractivity contribution in [3.63, 3.8) is 0 Å². The van der Waals surface area contributed by atoms with Gasteiger partial charge in [-0.2, -0.15) is 5.10 Å². The van der Waals surface area contributed by atoms with Crippen LogP contribution in [0.4, 0.5) is 5.69 Å². The van der Waals surface area contributed by atoms with Gasteiger partial charge in [0.25, 0.3) is 5.91 Å². The Hall–Kier alpha value is -3.93. The summed E-state index contributed by atoms with van der Waals surface area (Å²) in [5.41, 5.74) is 3.05. The highest BCUT2D eigenvalue weighted by molar-refractivity contribution is 6.54. The number of rotatable bonds is 4. The third kappa shape index (κ3) is 3.23. The van der Waals surface area contributed by atoms with E-state index in [1.54, 1.807) is 17.0 Å². The molecule has 6 heteroatoms. The second-order valence-electron chi connectivity index (χ2n) is 6.30. The molecule has 0 fully saturated rings. The quantitative estimate of drug-likeness (QED) is 0.418. The minimum Gasteiger partial charge on any atom is -0.504 e. The molecule has 0 saturated carbocycles. The molecule has 28 heavy (non-hydrogen) atoms. The van der Waals surface area contributed by atoms with E-state index in [1.807, 2.05) is 54.6 Å². The SMILES string of the molecule is O=C1/C(=N/N=C\c2cccc(O)c2O)c2ccccc2N1Cc1ccccc1. The van der Waals surface area contributed by atoms with Gasteiger partial charge in [-0.05, 0) is 23.8 Å². The Kier molecular flexibility index (Phi) is 4.60. The van der Waals surface area contributed by atoms with E-state index in [9.17, 15) is 15.0 Å². The van der Waals surface area contributed by atoms with Crippen molar-refractivity contribution in [2.45, 2.75) is 6.54 Å². The zero-order chi connectivity index (χ0) is 19.5. The Morgan fingerprint density at radius 2 is 1.64 bits per heavy atom. The number of phenolic OH excluding ortho intramolecular Hbond substituents is 2. The van der Waals surface area contributed by atoms with Crippen LogP contribution in [0.2, 0.25) is 0 Å². The van der Waals surface area contributed by atoms with Crippen LogP contribution in [0.25, 0.3) is 0 Å². The van der Waals surface area contributed by atoms with Gasteiger partial charge in [0.05, 0.1) is 18.4 Å². The predicted molar refractivity (Wildman–Crippen MR) is 108 cm³/mol. The molecule has 0 spiro atoms. The number of anilines is 1. The van der Waals surface area contributed by atoms with E-state index in [0.717, 1.165) is 11.3 Å². The minimum atomic E-state index is -0.282. The van der Waals surface area contributed by atoms with Crippen LogP contribution >= 0.6 is 0 Å². The second-order valence-corrected chi connectivity index (χ2v) is 6.30. The largest absolute Gasteiger partial charge is 0.504 e. The first-order valence-electron chi connectivity index (χ1n) is 8.72. The molecule has 0 unspecified atom stereocenters. The van der Waals surface area contributed by atoms with E-state index in [4.69, 9.17) is 0 Å². The van der Waals surface area contributed by atoms with Crippen LogP contribution in [0.3, 0.4) is 0 Å². The second kappa shape index (κ2) is 7.36. The zero-order valence-corrected chi connectivity index (χ0v) is 14.9. The van der Waals surface area contributed by atoms with Crippen molar-refractivity contribution in [3.8, 4) is 11.5 Å². The molecule has 0 bridgehead atoms. The van der Waals surface area contributed by atoms with Crippen LogP contribution in [-0.2, 0) is 11.3 Å². The number of carbonyl (C=O) groups excluding carboxylic acids is 1. The van der Waals surface area contributed by atoms with Crippen molar-refractivity contribution < 1.29 is 15.0 Å². The van der Waals surface area contributed by atoms with Crippen molar-refractivity contribution in [2.75, 3.05) is 4.90 Å². The van der Waals surface area contributed by atoms with Crippen molar-refractivity contribution in [3.05, 3.63) is 89.5 Å². The van der Waals surface area contributed by atoms with Crippen molar-refractivity contribution in [2.24, 2.45) is 10.2 Å². The summed E-state index contributed by atoms with van der Waals surface area (Å²) in [6.45, 7) is 0.437. The van der Waals surface area contributed by atoms with Gasteiger partial charge in [0.1, 0.15) is 0 Å². The molecule has 1 aliphatic rings. The molecule has 3 aromatic rings. The Morgan fingerprint density at radius 1 is 0.893 bits per heavy atom. The summed E-state index contributed by atoms with van der Waals surface area (Å²) >= 11 is 0. The molecule has 0 aliphatic carbocycles. The van der Waals surface area contributed by atoms with Crippen molar-refractivity contribution in [1.82, 2.24) is 0 Å². The van der Waals surface area contributed by atoms with Gasteiger partial charge in [0.15, 0.2) is 17.2 Å². The number of benzene rings is 3. The summed E-state index contributed by atoms with van der Waals surface area (Å²) in [5.74, 6) is -0.759. The van der Waals surface area contributed by atoms with Crippen LogP contribution < -0.4 is 4.90 Å². The van der Waals surface area contributed by atoms with E-state index in [-0.39, 0.29) is 23.1 Å². The molecule has 2 N–H and O–H groups in total. The summed E-state index contributed by atoms with van der Waals surface area (Å²) < 4.78 is 0. The maximum Gasteiger partial charge on any atom is 0.279 e. The van der Waals surface area contributed by atoms with Crippen LogP contribution in [-0.4, -0.2) is 28.0 Å².